The molecule has 1 aliphatic rings. The zero-order valence-corrected chi connectivity index (χ0v) is 20.3. The van der Waals surface area contributed by atoms with Crippen molar-refractivity contribution in [2.75, 3.05) is 6.61 Å². The first-order valence-corrected chi connectivity index (χ1v) is 11.0. The molecule has 194 valence electrons. The van der Waals surface area contributed by atoms with Gasteiger partial charge in [-0.25, -0.2) is 9.59 Å². The molecular formula is C24H26O12. The summed E-state index contributed by atoms with van der Waals surface area (Å²) in [4.78, 5) is 60.1. The van der Waals surface area contributed by atoms with Crippen molar-refractivity contribution >= 4 is 34.8 Å². The highest BCUT2D eigenvalue weighted by Gasteiger charge is 2.55. The SMILES string of the molecule is CCOC(=O)C1O[C@@H](Oc2ccc3c(C)cc(=O)oc3c2)C(OC(C)=O)[C@H](OC(C)=O)[C@@H]1OC(C)=O. The highest BCUT2D eigenvalue weighted by atomic mass is 16.7. The summed E-state index contributed by atoms with van der Waals surface area (Å²) in [6.45, 7) is 6.56. The second-order valence-electron chi connectivity index (χ2n) is 7.92. The maximum atomic E-state index is 12.7. The Labute approximate surface area is 205 Å². The number of hydrogen-bond donors (Lipinski definition) is 0. The van der Waals surface area contributed by atoms with Crippen LogP contribution < -0.4 is 10.4 Å². The number of hydrogen-bond acceptors (Lipinski definition) is 12. The van der Waals surface area contributed by atoms with Gasteiger partial charge in [-0.15, -0.1) is 0 Å². The summed E-state index contributed by atoms with van der Waals surface area (Å²) in [5.74, 6) is -3.20. The number of benzene rings is 1. The fourth-order valence-corrected chi connectivity index (χ4v) is 3.80. The van der Waals surface area contributed by atoms with Gasteiger partial charge < -0.3 is 32.8 Å². The van der Waals surface area contributed by atoms with E-state index in [1.165, 1.54) is 12.1 Å². The molecule has 0 radical (unpaired) electrons. The Balaban J connectivity index is 2.06. The van der Waals surface area contributed by atoms with E-state index in [1.54, 1.807) is 26.0 Å². The Morgan fingerprint density at radius 3 is 2.11 bits per heavy atom. The molecule has 1 aromatic carbocycles. The van der Waals surface area contributed by atoms with Gasteiger partial charge >= 0.3 is 29.5 Å². The molecule has 3 rings (SSSR count). The Hall–Kier alpha value is -3.93. The normalized spacial score (nSPS) is 23.4. The molecule has 0 N–H and O–H groups in total. The van der Waals surface area contributed by atoms with E-state index in [0.29, 0.717) is 10.9 Å². The fraction of sp³-hybridized carbons (Fsp3) is 0.458. The van der Waals surface area contributed by atoms with Gasteiger partial charge in [-0.3, -0.25) is 14.4 Å². The van der Waals surface area contributed by atoms with Gasteiger partial charge in [0.05, 0.1) is 6.61 Å². The van der Waals surface area contributed by atoms with Crippen molar-refractivity contribution in [2.45, 2.75) is 65.3 Å². The summed E-state index contributed by atoms with van der Waals surface area (Å²) in [6.07, 6.45) is -7.55. The summed E-state index contributed by atoms with van der Waals surface area (Å²) in [5.41, 5.74) is 0.333. The van der Waals surface area contributed by atoms with Crippen LogP contribution in [0.4, 0.5) is 0 Å². The number of rotatable bonds is 7. The molecule has 1 fully saturated rings. The minimum Gasteiger partial charge on any atom is -0.464 e. The fourth-order valence-electron chi connectivity index (χ4n) is 3.80. The van der Waals surface area contributed by atoms with Crippen LogP contribution in [0.2, 0.25) is 0 Å². The van der Waals surface area contributed by atoms with Gasteiger partial charge in [0, 0.05) is 38.3 Å². The third-order valence-electron chi connectivity index (χ3n) is 5.10. The molecule has 12 heteroatoms. The van der Waals surface area contributed by atoms with Crippen molar-refractivity contribution in [1.29, 1.82) is 0 Å². The summed E-state index contributed by atoms with van der Waals surface area (Å²) >= 11 is 0. The van der Waals surface area contributed by atoms with Gasteiger partial charge in [0.1, 0.15) is 11.3 Å². The Morgan fingerprint density at radius 1 is 0.889 bits per heavy atom. The van der Waals surface area contributed by atoms with Crippen LogP contribution >= 0.6 is 0 Å². The highest BCUT2D eigenvalue weighted by Crippen LogP contribution is 2.32. The maximum absolute atomic E-state index is 12.7. The number of esters is 4. The highest BCUT2D eigenvalue weighted by molar-refractivity contribution is 5.81. The van der Waals surface area contributed by atoms with Crippen LogP contribution in [0.25, 0.3) is 11.0 Å². The molecule has 2 aromatic rings. The van der Waals surface area contributed by atoms with Crippen molar-refractivity contribution in [1.82, 2.24) is 0 Å². The maximum Gasteiger partial charge on any atom is 0.339 e. The summed E-state index contributed by atoms with van der Waals surface area (Å²) < 4.78 is 37.8. The van der Waals surface area contributed by atoms with Crippen LogP contribution in [-0.4, -0.2) is 61.2 Å². The predicted molar refractivity (Wildman–Crippen MR) is 120 cm³/mol. The average molecular weight is 506 g/mol. The molecule has 0 amide bonds. The Kier molecular flexibility index (Phi) is 8.30. The van der Waals surface area contributed by atoms with Gasteiger partial charge in [-0.2, -0.15) is 0 Å². The van der Waals surface area contributed by atoms with E-state index in [4.69, 9.17) is 32.8 Å². The molecule has 1 saturated heterocycles. The van der Waals surface area contributed by atoms with Crippen molar-refractivity contribution in [3.8, 4) is 5.75 Å². The molecule has 36 heavy (non-hydrogen) atoms. The lowest BCUT2D eigenvalue weighted by molar-refractivity contribution is -0.282. The number of ether oxygens (including phenoxy) is 6. The predicted octanol–water partition coefficient (Wildman–Crippen LogP) is 1.56. The molecule has 0 aliphatic carbocycles. The first-order chi connectivity index (χ1) is 17.0. The molecule has 0 saturated carbocycles. The van der Waals surface area contributed by atoms with E-state index in [0.717, 1.165) is 20.8 Å². The lowest BCUT2D eigenvalue weighted by atomic mass is 9.97. The minimum absolute atomic E-state index is 0.0221. The quantitative estimate of drug-likeness (QED) is 0.304. The first-order valence-electron chi connectivity index (χ1n) is 11.0. The van der Waals surface area contributed by atoms with Crippen LogP contribution in [0.3, 0.4) is 0 Å². The van der Waals surface area contributed by atoms with Crippen LogP contribution in [0, 0.1) is 6.92 Å². The van der Waals surface area contributed by atoms with Gasteiger partial charge in [0.15, 0.2) is 18.3 Å². The number of carbonyl (C=O) groups is 4. The Morgan fingerprint density at radius 2 is 1.50 bits per heavy atom. The van der Waals surface area contributed by atoms with Crippen molar-refractivity contribution in [3.63, 3.8) is 0 Å². The largest absolute Gasteiger partial charge is 0.464 e. The third-order valence-corrected chi connectivity index (χ3v) is 5.10. The molecule has 0 spiro atoms. The van der Waals surface area contributed by atoms with Crippen LogP contribution in [0.5, 0.6) is 5.75 Å². The van der Waals surface area contributed by atoms with Crippen molar-refractivity contribution in [3.05, 3.63) is 40.2 Å². The van der Waals surface area contributed by atoms with Crippen molar-refractivity contribution < 1.29 is 52.0 Å². The summed E-state index contributed by atoms with van der Waals surface area (Å²) in [7, 11) is 0. The summed E-state index contributed by atoms with van der Waals surface area (Å²) in [5, 5.41) is 0.653. The smallest absolute Gasteiger partial charge is 0.339 e. The molecule has 1 aliphatic heterocycles. The monoisotopic (exact) mass is 506 g/mol. The second-order valence-corrected chi connectivity index (χ2v) is 7.92. The van der Waals surface area contributed by atoms with E-state index in [9.17, 15) is 24.0 Å². The molecule has 2 unspecified atom stereocenters. The average Bonchev–Trinajstić information content (AvgIpc) is 2.76. The molecule has 2 heterocycles. The van der Waals surface area contributed by atoms with E-state index < -0.39 is 60.2 Å². The zero-order valence-electron chi connectivity index (χ0n) is 20.3. The Bertz CT molecular complexity index is 1220. The van der Waals surface area contributed by atoms with E-state index in [1.807, 2.05) is 0 Å². The molecule has 5 atom stereocenters. The van der Waals surface area contributed by atoms with Crippen LogP contribution in [0.15, 0.2) is 33.5 Å². The topological polar surface area (TPSA) is 154 Å². The number of aryl methyl sites for hydroxylation is 1. The van der Waals surface area contributed by atoms with Crippen molar-refractivity contribution in [2.24, 2.45) is 0 Å². The first kappa shape index (κ1) is 26.7. The zero-order chi connectivity index (χ0) is 26.6. The van der Waals surface area contributed by atoms with Gasteiger partial charge in [0.2, 0.25) is 12.4 Å². The molecular weight excluding hydrogens is 480 g/mol. The molecule has 12 nitrogen and oxygen atoms in total. The number of fused-ring (bicyclic) bond motifs is 1. The lowest BCUT2D eigenvalue weighted by Gasteiger charge is -2.43. The second kappa shape index (κ2) is 11.2. The van der Waals surface area contributed by atoms with Crippen LogP contribution in [0.1, 0.15) is 33.3 Å². The minimum atomic E-state index is -1.59. The lowest BCUT2D eigenvalue weighted by Crippen LogP contribution is -2.64. The van der Waals surface area contributed by atoms with E-state index in [-0.39, 0.29) is 17.9 Å². The van der Waals surface area contributed by atoms with Crippen LogP contribution in [-0.2, 0) is 42.9 Å². The van der Waals surface area contributed by atoms with Gasteiger partial charge in [0.25, 0.3) is 0 Å². The van der Waals surface area contributed by atoms with Gasteiger partial charge in [-0.1, -0.05) is 0 Å². The summed E-state index contributed by atoms with van der Waals surface area (Å²) in [6, 6.07) is 5.94. The van der Waals surface area contributed by atoms with Gasteiger partial charge in [-0.05, 0) is 31.5 Å². The molecule has 1 aromatic heterocycles. The molecule has 0 bridgehead atoms. The number of carbonyl (C=O) groups excluding carboxylic acids is 4. The van der Waals surface area contributed by atoms with E-state index >= 15 is 0 Å². The third kappa shape index (κ3) is 6.19. The standard InChI is InChI=1S/C24H26O12/c1-6-30-23(29)21-19(31-12(3)25)20(32-13(4)26)22(33-14(5)27)24(36-21)34-15-7-8-16-11(2)9-18(28)35-17(16)10-15/h7-10,19-22,24H,6H2,1-5H3/t19-,20+,21?,22?,24+/m0/s1. The van der Waals surface area contributed by atoms with E-state index in [2.05, 4.69) is 0 Å².